The second kappa shape index (κ2) is 6.19. The average molecular weight is 461 g/mol. The molecular weight excluding hydrogens is 440 g/mol. The Morgan fingerprint density at radius 3 is 1.89 bits per heavy atom. The molecule has 0 bridgehead atoms. The highest BCUT2D eigenvalue weighted by molar-refractivity contribution is 7.08. The fourth-order valence-electron chi connectivity index (χ4n) is 7.41. The summed E-state index contributed by atoms with van der Waals surface area (Å²) in [6.07, 6.45) is 1.01. The monoisotopic (exact) mass is 460 g/mol. The molecule has 9 rings (SSSR count). The maximum absolute atomic E-state index is 2.57. The number of hydrogen-bond donors (Lipinski definition) is 0. The van der Waals surface area contributed by atoms with Gasteiger partial charge in [0.1, 0.15) is 0 Å². The number of fused-ring (bicyclic) bond motifs is 13. The van der Waals surface area contributed by atoms with Crippen LogP contribution < -0.4 is 0 Å². The molecule has 1 heteroatoms. The molecule has 0 saturated carbocycles. The van der Waals surface area contributed by atoms with Crippen LogP contribution in [0.25, 0.3) is 44.2 Å². The van der Waals surface area contributed by atoms with E-state index >= 15 is 0 Å². The topological polar surface area (TPSA) is 0 Å². The van der Waals surface area contributed by atoms with E-state index in [9.17, 15) is 0 Å². The van der Waals surface area contributed by atoms with Crippen molar-refractivity contribution in [1.82, 2.24) is 0 Å². The molecule has 0 aliphatic heterocycles. The fourth-order valence-corrected chi connectivity index (χ4v) is 8.27. The van der Waals surface area contributed by atoms with Gasteiger partial charge in [0.15, 0.2) is 0 Å². The molecule has 3 aliphatic carbocycles. The molecule has 3 aliphatic rings. The van der Waals surface area contributed by atoms with E-state index in [-0.39, 0.29) is 5.41 Å². The van der Waals surface area contributed by atoms with E-state index in [1.54, 1.807) is 0 Å². The summed E-state index contributed by atoms with van der Waals surface area (Å²) in [6.45, 7) is 0. The van der Waals surface area contributed by atoms with Gasteiger partial charge in [0.05, 0.1) is 5.41 Å². The Morgan fingerprint density at radius 2 is 1.14 bits per heavy atom. The summed E-state index contributed by atoms with van der Waals surface area (Å²) in [7, 11) is 0. The quantitative estimate of drug-likeness (QED) is 0.212. The lowest BCUT2D eigenvalue weighted by molar-refractivity contribution is 0.793. The molecule has 5 aromatic carbocycles. The van der Waals surface area contributed by atoms with Gasteiger partial charge in [0, 0.05) is 0 Å². The summed E-state index contributed by atoms with van der Waals surface area (Å²) in [5, 5.41) is 7.52. The molecule has 1 aromatic heterocycles. The Kier molecular flexibility index (Phi) is 3.25. The van der Waals surface area contributed by atoms with Gasteiger partial charge < -0.3 is 0 Å². The van der Waals surface area contributed by atoms with Gasteiger partial charge in [-0.2, -0.15) is 11.3 Å². The zero-order chi connectivity index (χ0) is 22.7. The summed E-state index contributed by atoms with van der Waals surface area (Å²) in [5.41, 5.74) is 16.7. The first-order valence-electron chi connectivity index (χ1n) is 12.3. The van der Waals surface area contributed by atoms with Crippen molar-refractivity contribution in [1.29, 1.82) is 0 Å². The van der Waals surface area contributed by atoms with E-state index in [1.165, 1.54) is 77.5 Å². The standard InChI is InChI=1S/C34H20S/c1-4-13-28-22(8-1)23-9-2-5-14-29(23)34(28)30-15-6-3-10-25(30)33-26-12-7-11-24-27-19-35-18-21(27)16-20(32(24)26)17-31(33)34/h1-15,17-19H,16H2. The van der Waals surface area contributed by atoms with Gasteiger partial charge in [-0.3, -0.25) is 0 Å². The van der Waals surface area contributed by atoms with Gasteiger partial charge in [0.25, 0.3) is 0 Å². The van der Waals surface area contributed by atoms with E-state index in [0.717, 1.165) is 6.42 Å². The van der Waals surface area contributed by atoms with Crippen LogP contribution in [0.1, 0.15) is 33.4 Å². The zero-order valence-electron chi connectivity index (χ0n) is 19.0. The van der Waals surface area contributed by atoms with Gasteiger partial charge in [-0.25, -0.2) is 0 Å². The minimum atomic E-state index is -0.269. The molecule has 1 heterocycles. The van der Waals surface area contributed by atoms with Gasteiger partial charge >= 0.3 is 0 Å². The van der Waals surface area contributed by atoms with Crippen LogP contribution in [-0.4, -0.2) is 0 Å². The van der Waals surface area contributed by atoms with E-state index in [1.807, 2.05) is 11.3 Å². The van der Waals surface area contributed by atoms with Crippen LogP contribution in [0.5, 0.6) is 0 Å². The summed E-state index contributed by atoms with van der Waals surface area (Å²) < 4.78 is 0. The number of benzene rings is 5. The first-order chi connectivity index (χ1) is 17.4. The molecule has 0 nitrogen and oxygen atoms in total. The van der Waals surface area contributed by atoms with Crippen molar-refractivity contribution in [2.75, 3.05) is 0 Å². The van der Waals surface area contributed by atoms with Crippen molar-refractivity contribution in [2.45, 2.75) is 11.8 Å². The molecule has 1 spiro atoms. The SMILES string of the molecule is c1ccc2c(c1)-c1ccccc1C21c2ccccc2-c2c1cc1c3c(cccc23)-c2cscc2C1. The molecule has 0 unspecified atom stereocenters. The smallest absolute Gasteiger partial charge is 0.0725 e. The maximum Gasteiger partial charge on any atom is 0.0725 e. The summed E-state index contributed by atoms with van der Waals surface area (Å²) in [4.78, 5) is 0. The predicted octanol–water partition coefficient (Wildman–Crippen LogP) is 8.82. The number of hydrogen-bond acceptors (Lipinski definition) is 1. The molecule has 0 amide bonds. The third-order valence-corrected chi connectivity index (χ3v) is 9.41. The third-order valence-electron chi connectivity index (χ3n) is 8.61. The molecule has 35 heavy (non-hydrogen) atoms. The molecule has 0 fully saturated rings. The van der Waals surface area contributed by atoms with Crippen LogP contribution in [0.4, 0.5) is 0 Å². The highest BCUT2D eigenvalue weighted by atomic mass is 32.1. The minimum absolute atomic E-state index is 0.269. The second-order valence-corrected chi connectivity index (χ2v) is 10.8. The molecular formula is C34H20S. The maximum atomic E-state index is 2.57. The van der Waals surface area contributed by atoms with Gasteiger partial charge in [-0.15, -0.1) is 0 Å². The van der Waals surface area contributed by atoms with E-state index < -0.39 is 0 Å². The Balaban J connectivity index is 1.52. The minimum Gasteiger partial charge on any atom is -0.151 e. The number of thiophene rings is 1. The predicted molar refractivity (Wildman–Crippen MR) is 146 cm³/mol. The lowest BCUT2D eigenvalue weighted by atomic mass is 9.69. The molecule has 0 N–H and O–H groups in total. The lowest BCUT2D eigenvalue weighted by Crippen LogP contribution is -2.26. The first-order valence-corrected chi connectivity index (χ1v) is 13.3. The molecule has 162 valence electrons. The van der Waals surface area contributed by atoms with Crippen LogP contribution in [0, 0.1) is 0 Å². The Labute approximate surface area is 208 Å². The van der Waals surface area contributed by atoms with Crippen molar-refractivity contribution in [2.24, 2.45) is 0 Å². The van der Waals surface area contributed by atoms with Gasteiger partial charge in [-0.05, 0) is 94.7 Å². The van der Waals surface area contributed by atoms with Crippen molar-refractivity contribution in [3.63, 3.8) is 0 Å². The third kappa shape index (κ3) is 1.99. The Bertz CT molecular complexity index is 1840. The van der Waals surface area contributed by atoms with Crippen LogP contribution in [0.2, 0.25) is 0 Å². The molecule has 0 saturated heterocycles. The largest absolute Gasteiger partial charge is 0.151 e. The average Bonchev–Trinajstić information content (AvgIpc) is 3.58. The van der Waals surface area contributed by atoms with Gasteiger partial charge in [-0.1, -0.05) is 97.1 Å². The van der Waals surface area contributed by atoms with Crippen molar-refractivity contribution < 1.29 is 0 Å². The lowest BCUT2D eigenvalue weighted by Gasteiger charge is -2.31. The zero-order valence-corrected chi connectivity index (χ0v) is 19.8. The highest BCUT2D eigenvalue weighted by Gasteiger charge is 2.52. The van der Waals surface area contributed by atoms with E-state index in [0.29, 0.717) is 0 Å². The van der Waals surface area contributed by atoms with Crippen LogP contribution in [0.15, 0.2) is 108 Å². The van der Waals surface area contributed by atoms with E-state index in [2.05, 4.69) is 108 Å². The van der Waals surface area contributed by atoms with Crippen molar-refractivity contribution >= 4 is 22.1 Å². The van der Waals surface area contributed by atoms with Crippen LogP contribution in [-0.2, 0) is 11.8 Å². The van der Waals surface area contributed by atoms with Crippen molar-refractivity contribution in [3.8, 4) is 33.4 Å². The van der Waals surface area contributed by atoms with Gasteiger partial charge in [0.2, 0.25) is 0 Å². The summed E-state index contributed by atoms with van der Waals surface area (Å²) in [5.74, 6) is 0. The highest BCUT2D eigenvalue weighted by Crippen LogP contribution is 2.64. The second-order valence-electron chi connectivity index (χ2n) is 10.1. The Morgan fingerprint density at radius 1 is 0.514 bits per heavy atom. The van der Waals surface area contributed by atoms with Crippen LogP contribution >= 0.6 is 11.3 Å². The molecule has 0 atom stereocenters. The number of rotatable bonds is 0. The van der Waals surface area contributed by atoms with Crippen molar-refractivity contribution in [3.05, 3.63) is 141 Å². The van der Waals surface area contributed by atoms with Crippen LogP contribution in [0.3, 0.4) is 0 Å². The molecule has 0 radical (unpaired) electrons. The summed E-state index contributed by atoms with van der Waals surface area (Å²) >= 11 is 1.83. The summed E-state index contributed by atoms with van der Waals surface area (Å²) in [6, 6.07) is 36.8. The first kappa shape index (κ1) is 18.4. The fraction of sp³-hybridized carbons (Fsp3) is 0.0588. The Hall–Kier alpha value is -3.94. The molecule has 6 aromatic rings. The normalized spacial score (nSPS) is 15.0. The van der Waals surface area contributed by atoms with E-state index in [4.69, 9.17) is 0 Å².